The van der Waals surface area contributed by atoms with E-state index in [9.17, 15) is 4.79 Å². The number of nitrogens with zero attached hydrogens (tertiary/aromatic N) is 2. The average Bonchev–Trinajstić information content (AvgIpc) is 3.26. The number of thioether (sulfide) groups is 1. The second-order valence-corrected chi connectivity index (χ2v) is 7.49. The molecule has 1 amide bonds. The molecule has 2 atom stereocenters. The lowest BCUT2D eigenvalue weighted by Gasteiger charge is -2.37. The van der Waals surface area contributed by atoms with Crippen LogP contribution in [0.3, 0.4) is 0 Å². The summed E-state index contributed by atoms with van der Waals surface area (Å²) < 4.78 is 6.02. The van der Waals surface area contributed by atoms with E-state index < -0.39 is 0 Å². The summed E-state index contributed by atoms with van der Waals surface area (Å²) in [6, 6.07) is 9.76. The molecule has 0 bridgehead atoms. The van der Waals surface area contributed by atoms with Crippen molar-refractivity contribution in [3.05, 3.63) is 36.0 Å². The third-order valence-electron chi connectivity index (χ3n) is 4.71. The zero-order valence-electron chi connectivity index (χ0n) is 13.3. The molecule has 1 spiro atoms. The third kappa shape index (κ3) is 3.06. The Labute approximate surface area is 144 Å². The van der Waals surface area contributed by atoms with Crippen LogP contribution >= 0.6 is 11.8 Å². The minimum absolute atomic E-state index is 0.0487. The number of ether oxygens (including phenoxy) is 1. The second-order valence-electron chi connectivity index (χ2n) is 6.38. The van der Waals surface area contributed by atoms with Gasteiger partial charge in [0.1, 0.15) is 5.69 Å². The maximum absolute atomic E-state index is 12.7. The van der Waals surface area contributed by atoms with Gasteiger partial charge in [0.15, 0.2) is 5.69 Å². The number of nitrogens with one attached hydrogen (secondary N) is 2. The van der Waals surface area contributed by atoms with Crippen molar-refractivity contribution in [2.24, 2.45) is 0 Å². The Hall–Kier alpha value is -1.86. The Morgan fingerprint density at radius 1 is 1.33 bits per heavy atom. The largest absolute Gasteiger partial charge is 0.374 e. The average molecular weight is 344 g/mol. The van der Waals surface area contributed by atoms with Crippen molar-refractivity contribution in [2.75, 3.05) is 18.1 Å². The summed E-state index contributed by atoms with van der Waals surface area (Å²) in [5.74, 6) is 2.00. The molecule has 2 saturated heterocycles. The minimum atomic E-state index is -0.171. The number of benzene rings is 1. The standard InChI is InChI=1S/C17H20N4O2S/c22-16(15-14(19-21-20-15)12-4-2-1-3-5-12)18-13-6-8-23-17(10-13)7-9-24-11-17/h1-5,13H,6-11H2,(H,18,22)(H,19,20,21)/t13-,17-/m1/s1. The number of H-pyrrole nitrogens is 1. The molecular weight excluding hydrogens is 324 g/mol. The molecule has 2 aliphatic heterocycles. The van der Waals surface area contributed by atoms with E-state index in [1.807, 2.05) is 42.1 Å². The van der Waals surface area contributed by atoms with Crippen molar-refractivity contribution in [3.8, 4) is 11.3 Å². The number of aromatic nitrogens is 3. The SMILES string of the molecule is O=C(N[C@@H]1CCO[C@]2(CCSC2)C1)c1n[nH]nc1-c1ccccc1. The van der Waals surface area contributed by atoms with E-state index in [-0.39, 0.29) is 17.6 Å². The van der Waals surface area contributed by atoms with E-state index in [2.05, 4.69) is 20.7 Å². The van der Waals surface area contributed by atoms with Gasteiger partial charge >= 0.3 is 0 Å². The van der Waals surface area contributed by atoms with Crippen molar-refractivity contribution in [2.45, 2.75) is 30.9 Å². The maximum atomic E-state index is 12.7. The highest BCUT2D eigenvalue weighted by Crippen LogP contribution is 2.38. The quantitative estimate of drug-likeness (QED) is 0.893. The van der Waals surface area contributed by atoms with Gasteiger partial charge in [-0.2, -0.15) is 27.2 Å². The summed E-state index contributed by atoms with van der Waals surface area (Å²) in [5.41, 5.74) is 1.77. The summed E-state index contributed by atoms with van der Waals surface area (Å²) in [6.07, 6.45) is 2.80. The molecule has 2 N–H and O–H groups in total. The summed E-state index contributed by atoms with van der Waals surface area (Å²) in [7, 11) is 0. The van der Waals surface area contributed by atoms with E-state index >= 15 is 0 Å². The van der Waals surface area contributed by atoms with Gasteiger partial charge in [0, 0.05) is 24.0 Å². The number of hydrogen-bond donors (Lipinski definition) is 2. The molecule has 3 heterocycles. The van der Waals surface area contributed by atoms with Crippen LogP contribution in [0.15, 0.2) is 30.3 Å². The Balaban J connectivity index is 1.48. The number of amides is 1. The first-order valence-electron chi connectivity index (χ1n) is 8.25. The number of rotatable bonds is 3. The molecule has 6 nitrogen and oxygen atoms in total. The van der Waals surface area contributed by atoms with E-state index in [4.69, 9.17) is 4.74 Å². The van der Waals surface area contributed by atoms with Crippen LogP contribution in [0.4, 0.5) is 0 Å². The first kappa shape index (κ1) is 15.7. The minimum Gasteiger partial charge on any atom is -0.374 e. The van der Waals surface area contributed by atoms with Crippen LogP contribution in [-0.4, -0.2) is 51.1 Å². The van der Waals surface area contributed by atoms with Crippen LogP contribution in [0.1, 0.15) is 29.8 Å². The van der Waals surface area contributed by atoms with Crippen molar-refractivity contribution in [3.63, 3.8) is 0 Å². The van der Waals surface area contributed by atoms with Gasteiger partial charge < -0.3 is 10.1 Å². The van der Waals surface area contributed by atoms with Gasteiger partial charge in [0.25, 0.3) is 5.91 Å². The normalized spacial score (nSPS) is 26.6. The number of hydrogen-bond acceptors (Lipinski definition) is 5. The van der Waals surface area contributed by atoms with E-state index in [1.54, 1.807) is 0 Å². The Kier molecular flexibility index (Phi) is 4.28. The first-order chi connectivity index (χ1) is 11.8. The highest BCUT2D eigenvalue weighted by Gasteiger charge is 2.41. The summed E-state index contributed by atoms with van der Waals surface area (Å²) in [6.45, 7) is 0.704. The molecule has 0 aliphatic carbocycles. The maximum Gasteiger partial charge on any atom is 0.274 e. The molecule has 2 aliphatic rings. The van der Waals surface area contributed by atoms with Gasteiger partial charge in [-0.15, -0.1) is 0 Å². The number of carbonyl (C=O) groups is 1. The molecule has 24 heavy (non-hydrogen) atoms. The fourth-order valence-electron chi connectivity index (χ4n) is 3.45. The Morgan fingerprint density at radius 2 is 2.21 bits per heavy atom. The van der Waals surface area contributed by atoms with Crippen molar-refractivity contribution in [1.82, 2.24) is 20.7 Å². The molecule has 0 saturated carbocycles. The van der Waals surface area contributed by atoms with Crippen molar-refractivity contribution >= 4 is 17.7 Å². The predicted molar refractivity (Wildman–Crippen MR) is 92.9 cm³/mol. The second kappa shape index (κ2) is 6.57. The molecule has 4 rings (SSSR count). The molecule has 1 aromatic heterocycles. The van der Waals surface area contributed by atoms with Gasteiger partial charge in [0.2, 0.25) is 0 Å². The van der Waals surface area contributed by atoms with E-state index in [0.29, 0.717) is 18.0 Å². The van der Waals surface area contributed by atoms with Gasteiger partial charge in [-0.25, -0.2) is 0 Å². The highest BCUT2D eigenvalue weighted by atomic mass is 32.2. The van der Waals surface area contributed by atoms with Crippen LogP contribution in [0.25, 0.3) is 11.3 Å². The van der Waals surface area contributed by atoms with Gasteiger partial charge in [0.05, 0.1) is 5.60 Å². The van der Waals surface area contributed by atoms with Crippen molar-refractivity contribution in [1.29, 1.82) is 0 Å². The fraction of sp³-hybridized carbons (Fsp3) is 0.471. The number of carbonyl (C=O) groups excluding carboxylic acids is 1. The Morgan fingerprint density at radius 3 is 3.00 bits per heavy atom. The highest BCUT2D eigenvalue weighted by molar-refractivity contribution is 7.99. The predicted octanol–water partition coefficient (Wildman–Crippen LogP) is 2.26. The van der Waals surface area contributed by atoms with E-state index in [0.717, 1.165) is 36.3 Å². The lowest BCUT2D eigenvalue weighted by atomic mass is 9.90. The molecule has 0 unspecified atom stereocenters. The zero-order chi connectivity index (χ0) is 16.4. The molecule has 2 aromatic rings. The lowest BCUT2D eigenvalue weighted by Crippen LogP contribution is -2.48. The fourth-order valence-corrected chi connectivity index (χ4v) is 4.83. The smallest absolute Gasteiger partial charge is 0.274 e. The first-order valence-corrected chi connectivity index (χ1v) is 9.40. The van der Waals surface area contributed by atoms with Crippen LogP contribution in [0.2, 0.25) is 0 Å². The van der Waals surface area contributed by atoms with Crippen LogP contribution in [0.5, 0.6) is 0 Å². The van der Waals surface area contributed by atoms with Gasteiger partial charge in [-0.05, 0) is 25.0 Å². The van der Waals surface area contributed by atoms with Crippen LogP contribution in [-0.2, 0) is 4.74 Å². The topological polar surface area (TPSA) is 79.9 Å². The van der Waals surface area contributed by atoms with Crippen LogP contribution in [0, 0.1) is 0 Å². The van der Waals surface area contributed by atoms with Gasteiger partial charge in [-0.3, -0.25) is 4.79 Å². The summed E-state index contributed by atoms with van der Waals surface area (Å²) in [5, 5.41) is 13.9. The molecule has 0 radical (unpaired) electrons. The van der Waals surface area contributed by atoms with E-state index in [1.165, 1.54) is 0 Å². The summed E-state index contributed by atoms with van der Waals surface area (Å²) >= 11 is 1.93. The monoisotopic (exact) mass is 344 g/mol. The number of aromatic amines is 1. The zero-order valence-corrected chi connectivity index (χ0v) is 14.1. The molecule has 2 fully saturated rings. The van der Waals surface area contributed by atoms with Gasteiger partial charge in [-0.1, -0.05) is 30.3 Å². The molecule has 7 heteroatoms. The molecular formula is C17H20N4O2S. The lowest BCUT2D eigenvalue weighted by molar-refractivity contribution is -0.0688. The summed E-state index contributed by atoms with van der Waals surface area (Å²) in [4.78, 5) is 12.7. The third-order valence-corrected chi connectivity index (χ3v) is 5.93. The van der Waals surface area contributed by atoms with Crippen LogP contribution < -0.4 is 5.32 Å². The molecule has 1 aromatic carbocycles. The Bertz CT molecular complexity index is 712. The van der Waals surface area contributed by atoms with Crippen molar-refractivity contribution < 1.29 is 9.53 Å². The molecule has 126 valence electrons.